The molecule has 0 fully saturated rings. The lowest BCUT2D eigenvalue weighted by Crippen LogP contribution is -2.42. The van der Waals surface area contributed by atoms with Crippen LogP contribution in [0.1, 0.15) is 22.8 Å². The molecule has 2 amide bonds. The highest BCUT2D eigenvalue weighted by Gasteiger charge is 2.16. The van der Waals surface area contributed by atoms with Crippen molar-refractivity contribution < 1.29 is 19.1 Å². The summed E-state index contributed by atoms with van der Waals surface area (Å²) in [6.07, 6.45) is 0.119. The van der Waals surface area contributed by atoms with Crippen LogP contribution in [0.2, 0.25) is 5.02 Å². The van der Waals surface area contributed by atoms with E-state index < -0.39 is 5.91 Å². The SMILES string of the molecule is CCOc1c(Br)cc(C(=O)NNC(=O)Cc2ccc(Cl)cc2)cc1OC. The molecule has 0 atom stereocenters. The van der Waals surface area contributed by atoms with Crippen molar-refractivity contribution in [3.8, 4) is 11.5 Å². The van der Waals surface area contributed by atoms with Crippen LogP contribution in [0.4, 0.5) is 0 Å². The Morgan fingerprint density at radius 1 is 1.15 bits per heavy atom. The fourth-order valence-electron chi connectivity index (χ4n) is 2.17. The molecule has 138 valence electrons. The number of ether oxygens (including phenoxy) is 2. The largest absolute Gasteiger partial charge is 0.493 e. The molecule has 0 unspecified atom stereocenters. The van der Waals surface area contributed by atoms with Gasteiger partial charge < -0.3 is 9.47 Å². The van der Waals surface area contributed by atoms with E-state index in [1.807, 2.05) is 6.92 Å². The van der Waals surface area contributed by atoms with Gasteiger partial charge in [-0.3, -0.25) is 20.4 Å². The first kappa shape index (κ1) is 20.1. The number of nitrogens with one attached hydrogen (secondary N) is 2. The van der Waals surface area contributed by atoms with Gasteiger partial charge in [0.05, 0.1) is 24.6 Å². The van der Waals surface area contributed by atoms with Gasteiger partial charge in [0.25, 0.3) is 5.91 Å². The Morgan fingerprint density at radius 2 is 1.85 bits per heavy atom. The maximum Gasteiger partial charge on any atom is 0.269 e. The van der Waals surface area contributed by atoms with E-state index in [-0.39, 0.29) is 12.3 Å². The van der Waals surface area contributed by atoms with Crippen LogP contribution in [0, 0.1) is 0 Å². The molecular formula is C18H18BrClN2O4. The average Bonchev–Trinajstić information content (AvgIpc) is 2.63. The normalized spacial score (nSPS) is 10.2. The number of benzene rings is 2. The van der Waals surface area contributed by atoms with Crippen molar-refractivity contribution in [2.75, 3.05) is 13.7 Å². The minimum atomic E-state index is -0.475. The molecule has 2 rings (SSSR count). The van der Waals surface area contributed by atoms with Gasteiger partial charge in [0.1, 0.15) is 0 Å². The number of amides is 2. The van der Waals surface area contributed by atoms with Crippen LogP contribution in [0.5, 0.6) is 11.5 Å². The van der Waals surface area contributed by atoms with Crippen molar-refractivity contribution in [2.24, 2.45) is 0 Å². The van der Waals surface area contributed by atoms with Crippen molar-refractivity contribution >= 4 is 39.3 Å². The highest BCUT2D eigenvalue weighted by molar-refractivity contribution is 9.10. The standard InChI is InChI=1S/C18H18BrClN2O4/c1-3-26-17-14(19)9-12(10-15(17)25-2)18(24)22-21-16(23)8-11-4-6-13(20)7-5-11/h4-7,9-10H,3,8H2,1-2H3,(H,21,23)(H,22,24). The first-order valence-corrected chi connectivity index (χ1v) is 8.95. The number of methoxy groups -OCH3 is 1. The predicted octanol–water partition coefficient (Wildman–Crippen LogP) is 3.51. The first-order chi connectivity index (χ1) is 12.4. The fraction of sp³-hybridized carbons (Fsp3) is 0.222. The Balaban J connectivity index is 1.99. The van der Waals surface area contributed by atoms with E-state index in [0.29, 0.717) is 33.2 Å². The van der Waals surface area contributed by atoms with Gasteiger partial charge in [-0.25, -0.2) is 0 Å². The van der Waals surface area contributed by atoms with Crippen LogP contribution >= 0.6 is 27.5 Å². The van der Waals surface area contributed by atoms with E-state index >= 15 is 0 Å². The summed E-state index contributed by atoms with van der Waals surface area (Å²) >= 11 is 9.16. The number of hydrogen-bond donors (Lipinski definition) is 2. The third-order valence-corrected chi connectivity index (χ3v) is 4.21. The van der Waals surface area contributed by atoms with Gasteiger partial charge in [0, 0.05) is 10.6 Å². The quantitative estimate of drug-likeness (QED) is 0.673. The monoisotopic (exact) mass is 440 g/mol. The smallest absolute Gasteiger partial charge is 0.269 e. The van der Waals surface area contributed by atoms with Gasteiger partial charge in [-0.1, -0.05) is 23.7 Å². The van der Waals surface area contributed by atoms with Gasteiger partial charge in [-0.15, -0.1) is 0 Å². The van der Waals surface area contributed by atoms with Crippen LogP contribution in [0.15, 0.2) is 40.9 Å². The predicted molar refractivity (Wildman–Crippen MR) is 103 cm³/mol. The Labute approximate surface area is 164 Å². The van der Waals surface area contributed by atoms with E-state index in [0.717, 1.165) is 5.56 Å². The number of hydrogen-bond acceptors (Lipinski definition) is 4. The van der Waals surface area contributed by atoms with E-state index in [9.17, 15) is 9.59 Å². The summed E-state index contributed by atoms with van der Waals surface area (Å²) < 4.78 is 11.3. The molecular weight excluding hydrogens is 424 g/mol. The number of hydrazine groups is 1. The van der Waals surface area contributed by atoms with Gasteiger partial charge in [0.2, 0.25) is 5.91 Å². The van der Waals surface area contributed by atoms with Crippen LogP contribution < -0.4 is 20.3 Å². The van der Waals surface area contributed by atoms with Crippen molar-refractivity contribution in [3.05, 3.63) is 57.0 Å². The topological polar surface area (TPSA) is 76.7 Å². The molecule has 2 N–H and O–H groups in total. The average molecular weight is 442 g/mol. The fourth-order valence-corrected chi connectivity index (χ4v) is 2.85. The molecule has 0 aromatic heterocycles. The summed E-state index contributed by atoms with van der Waals surface area (Å²) in [7, 11) is 1.49. The summed E-state index contributed by atoms with van der Waals surface area (Å²) in [4.78, 5) is 24.2. The Hall–Kier alpha value is -2.25. The third kappa shape index (κ3) is 5.37. The van der Waals surface area contributed by atoms with Crippen molar-refractivity contribution in [2.45, 2.75) is 13.3 Å². The lowest BCUT2D eigenvalue weighted by Gasteiger charge is -2.13. The maximum atomic E-state index is 12.3. The minimum absolute atomic E-state index is 0.119. The lowest BCUT2D eigenvalue weighted by atomic mass is 10.1. The van der Waals surface area contributed by atoms with Crippen LogP contribution in [-0.4, -0.2) is 25.5 Å². The lowest BCUT2D eigenvalue weighted by molar-refractivity contribution is -0.121. The number of halogens is 2. The molecule has 0 bridgehead atoms. The molecule has 0 aliphatic carbocycles. The molecule has 6 nitrogen and oxygen atoms in total. The summed E-state index contributed by atoms with van der Waals surface area (Å²) in [6.45, 7) is 2.31. The van der Waals surface area contributed by atoms with Crippen LogP contribution in [0.3, 0.4) is 0 Å². The molecule has 0 spiro atoms. The van der Waals surface area contributed by atoms with E-state index in [1.165, 1.54) is 13.2 Å². The maximum absolute atomic E-state index is 12.3. The second-order valence-corrected chi connectivity index (χ2v) is 6.52. The highest BCUT2D eigenvalue weighted by atomic mass is 79.9. The van der Waals surface area contributed by atoms with Crippen molar-refractivity contribution in [1.82, 2.24) is 10.9 Å². The second kappa shape index (κ2) is 9.45. The molecule has 0 radical (unpaired) electrons. The van der Waals surface area contributed by atoms with Crippen LogP contribution in [-0.2, 0) is 11.2 Å². The number of carbonyl (C=O) groups excluding carboxylic acids is 2. The van der Waals surface area contributed by atoms with Crippen molar-refractivity contribution in [3.63, 3.8) is 0 Å². The Bertz CT molecular complexity index is 797. The Kier molecular flexibility index (Phi) is 7.29. The van der Waals surface area contributed by atoms with Gasteiger partial charge in [-0.2, -0.15) is 0 Å². The molecule has 0 heterocycles. The van der Waals surface area contributed by atoms with Gasteiger partial charge in [0.15, 0.2) is 11.5 Å². The van der Waals surface area contributed by atoms with Crippen molar-refractivity contribution in [1.29, 1.82) is 0 Å². The third-order valence-electron chi connectivity index (χ3n) is 3.37. The molecule has 0 saturated heterocycles. The van der Waals surface area contributed by atoms with E-state index in [1.54, 1.807) is 30.3 Å². The summed E-state index contributed by atoms with van der Waals surface area (Å²) in [6, 6.07) is 10.0. The van der Waals surface area contributed by atoms with Crippen LogP contribution in [0.25, 0.3) is 0 Å². The van der Waals surface area contributed by atoms with E-state index in [2.05, 4.69) is 26.8 Å². The van der Waals surface area contributed by atoms with E-state index in [4.69, 9.17) is 21.1 Å². The first-order valence-electron chi connectivity index (χ1n) is 7.78. The molecule has 0 aliphatic heterocycles. The molecule has 2 aromatic carbocycles. The summed E-state index contributed by atoms with van der Waals surface area (Å²) in [5, 5.41) is 0.595. The molecule has 2 aromatic rings. The summed E-state index contributed by atoms with van der Waals surface area (Å²) in [5.74, 6) is 0.103. The molecule has 26 heavy (non-hydrogen) atoms. The minimum Gasteiger partial charge on any atom is -0.493 e. The molecule has 0 saturated carbocycles. The zero-order valence-electron chi connectivity index (χ0n) is 14.3. The number of rotatable bonds is 6. The Morgan fingerprint density at radius 3 is 2.46 bits per heavy atom. The van der Waals surface area contributed by atoms with Gasteiger partial charge >= 0.3 is 0 Å². The summed E-state index contributed by atoms with van der Waals surface area (Å²) in [5.41, 5.74) is 5.85. The zero-order chi connectivity index (χ0) is 19.1. The second-order valence-electron chi connectivity index (χ2n) is 5.23. The highest BCUT2D eigenvalue weighted by Crippen LogP contribution is 2.36. The van der Waals surface area contributed by atoms with Gasteiger partial charge in [-0.05, 0) is 52.7 Å². The molecule has 0 aliphatic rings. The zero-order valence-corrected chi connectivity index (χ0v) is 16.6. The number of carbonyl (C=O) groups is 2. The molecule has 8 heteroatoms.